The fourth-order valence-corrected chi connectivity index (χ4v) is 5.90. The van der Waals surface area contributed by atoms with Crippen LogP contribution in [0.3, 0.4) is 0 Å². The molecule has 2 heterocycles. The molecular weight excluding hydrogens is 448 g/mol. The number of methoxy groups -OCH3 is 1. The molecule has 7 nitrogen and oxygen atoms in total. The monoisotopic (exact) mass is 480 g/mol. The Kier molecular flexibility index (Phi) is 7.50. The second kappa shape index (κ2) is 10.5. The number of allylic oxidation sites excluding steroid dienone is 1. The third-order valence-corrected chi connectivity index (χ3v) is 8.02. The van der Waals surface area contributed by atoms with Crippen LogP contribution >= 0.6 is 0 Å². The van der Waals surface area contributed by atoms with Crippen molar-refractivity contribution in [3.05, 3.63) is 65.7 Å². The van der Waals surface area contributed by atoms with Crippen molar-refractivity contribution in [3.8, 4) is 0 Å². The standard InChI is InChI=1S/C26H32N4O3S/c1-4-24(30-14-12-29(13-15-30)16-17-33-3)25-22-18-20(10-11-23(22)28-26(25)27-2)19-34(31,32)21-8-6-5-7-9-21/h4-11,18,28H,2,12-17,19H2,1,3H3/b24-4+. The van der Waals surface area contributed by atoms with Crippen LogP contribution in [-0.2, 0) is 20.3 Å². The van der Waals surface area contributed by atoms with E-state index in [2.05, 4.69) is 32.6 Å². The van der Waals surface area contributed by atoms with E-state index in [9.17, 15) is 8.42 Å². The van der Waals surface area contributed by atoms with Gasteiger partial charge in [0.25, 0.3) is 0 Å². The highest BCUT2D eigenvalue weighted by atomic mass is 32.2. The van der Waals surface area contributed by atoms with Crippen LogP contribution in [0.4, 0.5) is 5.82 Å². The van der Waals surface area contributed by atoms with Gasteiger partial charge in [-0.15, -0.1) is 0 Å². The van der Waals surface area contributed by atoms with Crippen LogP contribution in [0.1, 0.15) is 18.1 Å². The highest BCUT2D eigenvalue weighted by molar-refractivity contribution is 7.90. The second-order valence-electron chi connectivity index (χ2n) is 8.45. The molecule has 1 N–H and O–H groups in total. The molecule has 2 aromatic carbocycles. The Balaban J connectivity index is 1.65. The average molecular weight is 481 g/mol. The summed E-state index contributed by atoms with van der Waals surface area (Å²) in [6.07, 6.45) is 2.11. The molecule has 1 aliphatic heterocycles. The van der Waals surface area contributed by atoms with Gasteiger partial charge in [-0.3, -0.25) is 4.90 Å². The van der Waals surface area contributed by atoms with Gasteiger partial charge in [-0.25, -0.2) is 13.4 Å². The molecule has 8 heteroatoms. The lowest BCUT2D eigenvalue weighted by Gasteiger charge is -2.37. The molecule has 1 fully saturated rings. The summed E-state index contributed by atoms with van der Waals surface area (Å²) >= 11 is 0. The van der Waals surface area contributed by atoms with Gasteiger partial charge in [0.1, 0.15) is 5.82 Å². The molecule has 3 aromatic rings. The van der Waals surface area contributed by atoms with Crippen molar-refractivity contribution in [2.75, 3.05) is 46.4 Å². The zero-order valence-electron chi connectivity index (χ0n) is 19.8. The van der Waals surface area contributed by atoms with Gasteiger partial charge in [0.15, 0.2) is 9.84 Å². The lowest BCUT2D eigenvalue weighted by Crippen LogP contribution is -2.46. The third-order valence-electron chi connectivity index (χ3n) is 6.31. The Hall–Kier alpha value is -2.94. The van der Waals surface area contributed by atoms with Crippen molar-refractivity contribution < 1.29 is 13.2 Å². The molecule has 34 heavy (non-hydrogen) atoms. The number of ether oxygens (including phenoxy) is 1. The van der Waals surface area contributed by atoms with Gasteiger partial charge in [0.05, 0.1) is 17.3 Å². The summed E-state index contributed by atoms with van der Waals surface area (Å²) in [5.74, 6) is 0.644. The van der Waals surface area contributed by atoms with Crippen LogP contribution in [-0.4, -0.2) is 76.4 Å². The molecule has 0 radical (unpaired) electrons. The summed E-state index contributed by atoms with van der Waals surface area (Å²) in [5, 5.41) is 0.957. The SMILES string of the molecule is C=Nc1[nH]c2ccc(CS(=O)(=O)c3ccccc3)cc2c1/C(=C\C)N1CCN(CCOC)CC1. The quantitative estimate of drug-likeness (QED) is 0.467. The number of aromatic amines is 1. The Morgan fingerprint density at radius 3 is 2.53 bits per heavy atom. The molecule has 0 unspecified atom stereocenters. The Morgan fingerprint density at radius 2 is 1.88 bits per heavy atom. The fourth-order valence-electron chi connectivity index (χ4n) is 4.54. The van der Waals surface area contributed by atoms with E-state index < -0.39 is 9.84 Å². The highest BCUT2D eigenvalue weighted by Gasteiger charge is 2.24. The van der Waals surface area contributed by atoms with E-state index in [-0.39, 0.29) is 5.75 Å². The number of hydrogen-bond acceptors (Lipinski definition) is 6. The molecule has 1 saturated heterocycles. The maximum atomic E-state index is 13.0. The lowest BCUT2D eigenvalue weighted by atomic mass is 10.0. The second-order valence-corrected chi connectivity index (χ2v) is 10.4. The number of H-pyrrole nitrogens is 1. The van der Waals surface area contributed by atoms with Crippen LogP contribution in [0.5, 0.6) is 0 Å². The molecule has 4 rings (SSSR count). The van der Waals surface area contributed by atoms with Crippen LogP contribution in [0.25, 0.3) is 16.6 Å². The summed E-state index contributed by atoms with van der Waals surface area (Å²) < 4.78 is 31.1. The summed E-state index contributed by atoms with van der Waals surface area (Å²) in [6.45, 7) is 11.2. The summed E-state index contributed by atoms with van der Waals surface area (Å²) in [7, 11) is -1.71. The largest absolute Gasteiger partial charge is 0.383 e. The Bertz CT molecular complexity index is 1270. The molecule has 0 atom stereocenters. The molecular formula is C26H32N4O3S. The van der Waals surface area contributed by atoms with E-state index in [4.69, 9.17) is 4.74 Å². The minimum Gasteiger partial charge on any atom is -0.383 e. The van der Waals surface area contributed by atoms with Gasteiger partial charge in [-0.1, -0.05) is 30.3 Å². The molecule has 0 aliphatic carbocycles. The van der Waals surface area contributed by atoms with E-state index in [0.717, 1.165) is 67.1 Å². The molecule has 180 valence electrons. The maximum Gasteiger partial charge on any atom is 0.182 e. The van der Waals surface area contributed by atoms with Gasteiger partial charge < -0.3 is 14.6 Å². The van der Waals surface area contributed by atoms with Gasteiger partial charge in [0, 0.05) is 62.0 Å². The van der Waals surface area contributed by atoms with Crippen molar-refractivity contribution in [2.24, 2.45) is 4.99 Å². The molecule has 0 bridgehead atoms. The highest BCUT2D eigenvalue weighted by Crippen LogP contribution is 2.37. The maximum absolute atomic E-state index is 13.0. The van der Waals surface area contributed by atoms with Gasteiger partial charge in [-0.2, -0.15) is 0 Å². The zero-order valence-corrected chi connectivity index (χ0v) is 20.6. The number of fused-ring (bicyclic) bond motifs is 1. The lowest BCUT2D eigenvalue weighted by molar-refractivity contribution is 0.118. The van der Waals surface area contributed by atoms with E-state index in [0.29, 0.717) is 10.7 Å². The number of hydrogen-bond donors (Lipinski definition) is 1. The van der Waals surface area contributed by atoms with Gasteiger partial charge in [-0.05, 0) is 43.5 Å². The predicted octanol–water partition coefficient (Wildman–Crippen LogP) is 4.10. The average Bonchev–Trinajstić information content (AvgIpc) is 3.22. The van der Waals surface area contributed by atoms with Crippen LogP contribution in [0.15, 0.2) is 64.5 Å². The van der Waals surface area contributed by atoms with Crippen LogP contribution in [0.2, 0.25) is 0 Å². The predicted molar refractivity (Wildman–Crippen MR) is 138 cm³/mol. The number of piperazine rings is 1. The normalized spacial score (nSPS) is 15.7. The first-order chi connectivity index (χ1) is 16.5. The molecule has 0 saturated carbocycles. The van der Waals surface area contributed by atoms with Crippen molar-refractivity contribution in [1.82, 2.24) is 14.8 Å². The topological polar surface area (TPSA) is 78.0 Å². The Morgan fingerprint density at radius 1 is 1.15 bits per heavy atom. The summed E-state index contributed by atoms with van der Waals surface area (Å²) in [6, 6.07) is 14.3. The van der Waals surface area contributed by atoms with Crippen LogP contribution in [0, 0.1) is 0 Å². The fraction of sp³-hybridized carbons (Fsp3) is 0.346. The van der Waals surface area contributed by atoms with Crippen molar-refractivity contribution in [3.63, 3.8) is 0 Å². The molecule has 0 spiro atoms. The molecule has 1 aromatic heterocycles. The first-order valence-corrected chi connectivity index (χ1v) is 13.1. The summed E-state index contributed by atoms with van der Waals surface area (Å²) in [5.41, 5.74) is 3.71. The molecule has 1 aliphatic rings. The minimum atomic E-state index is -3.44. The van der Waals surface area contributed by atoms with E-state index in [1.54, 1.807) is 31.4 Å². The minimum absolute atomic E-state index is 0.0578. The smallest absolute Gasteiger partial charge is 0.182 e. The van der Waals surface area contributed by atoms with E-state index in [1.807, 2.05) is 31.2 Å². The number of aliphatic imine (C=N–C) groups is 1. The number of benzene rings is 2. The first kappa shape index (κ1) is 24.2. The van der Waals surface area contributed by atoms with E-state index in [1.165, 1.54) is 0 Å². The number of sulfone groups is 1. The summed E-state index contributed by atoms with van der Waals surface area (Å²) in [4.78, 5) is 12.7. The first-order valence-electron chi connectivity index (χ1n) is 11.5. The van der Waals surface area contributed by atoms with Gasteiger partial charge in [0.2, 0.25) is 0 Å². The van der Waals surface area contributed by atoms with Crippen LogP contribution < -0.4 is 0 Å². The third kappa shape index (κ3) is 5.09. The van der Waals surface area contributed by atoms with Crippen molar-refractivity contribution in [2.45, 2.75) is 17.6 Å². The molecule has 0 amide bonds. The van der Waals surface area contributed by atoms with Crippen molar-refractivity contribution >= 4 is 39.0 Å². The number of nitrogens with zero attached hydrogens (tertiary/aromatic N) is 3. The number of rotatable bonds is 9. The Labute approximate surface area is 201 Å². The zero-order chi connectivity index (χ0) is 24.1. The van der Waals surface area contributed by atoms with Crippen molar-refractivity contribution in [1.29, 1.82) is 0 Å². The number of aromatic nitrogens is 1. The van der Waals surface area contributed by atoms with Gasteiger partial charge >= 0.3 is 0 Å². The number of nitrogens with one attached hydrogen (secondary N) is 1. The van der Waals surface area contributed by atoms with E-state index >= 15 is 0 Å².